The second-order valence-electron chi connectivity index (χ2n) is 10.9. The standard InChI is InChI=1S/C31H33N2O/c1-18(2)14-22-10-9-11-24-19(3)27-29-28-23(12-13-33(29)8)15-21(17-31(5,6)32-7)16-25(28)34-30(27)20(4)26(22)24/h9-13,15-16,18H,14,17H2,1-6,8H3/q+1. The molecular weight excluding hydrogens is 416 g/mol. The van der Waals surface area contributed by atoms with E-state index in [0.717, 1.165) is 34.3 Å². The quantitative estimate of drug-likeness (QED) is 0.203. The van der Waals surface area contributed by atoms with Crippen LogP contribution in [0.5, 0.6) is 11.5 Å². The molecule has 0 bridgehead atoms. The average molecular weight is 450 g/mol. The molecule has 0 aliphatic carbocycles. The minimum Gasteiger partial charge on any atom is -0.455 e. The van der Waals surface area contributed by atoms with Gasteiger partial charge in [0.25, 0.3) is 0 Å². The van der Waals surface area contributed by atoms with Gasteiger partial charge < -0.3 is 9.58 Å². The third-order valence-corrected chi connectivity index (χ3v) is 7.15. The molecule has 1 aliphatic rings. The maximum absolute atomic E-state index is 7.57. The Kier molecular flexibility index (Phi) is 5.17. The molecule has 0 saturated heterocycles. The first-order chi connectivity index (χ1) is 16.1. The van der Waals surface area contributed by atoms with Crippen LogP contribution >= 0.6 is 0 Å². The van der Waals surface area contributed by atoms with Crippen LogP contribution in [-0.4, -0.2) is 5.54 Å². The zero-order chi connectivity index (χ0) is 24.4. The summed E-state index contributed by atoms with van der Waals surface area (Å²) in [6, 6.07) is 13.3. The van der Waals surface area contributed by atoms with Crippen LogP contribution in [0, 0.1) is 26.3 Å². The molecule has 4 aromatic rings. The molecule has 0 fully saturated rings. The highest BCUT2D eigenvalue weighted by Crippen LogP contribution is 2.51. The van der Waals surface area contributed by atoms with E-state index in [2.05, 4.69) is 86.7 Å². The first kappa shape index (κ1) is 22.4. The summed E-state index contributed by atoms with van der Waals surface area (Å²) in [6.07, 6.45) is 3.89. The molecule has 0 unspecified atom stereocenters. The number of benzene rings is 3. The lowest BCUT2D eigenvalue weighted by Gasteiger charge is -2.25. The Balaban J connectivity index is 1.84. The maximum atomic E-state index is 7.57. The fraction of sp³-hybridized carbons (Fsp3) is 0.355. The van der Waals surface area contributed by atoms with E-state index in [1.54, 1.807) is 0 Å². The van der Waals surface area contributed by atoms with E-state index in [1.165, 1.54) is 38.7 Å². The predicted octanol–water partition coefficient (Wildman–Crippen LogP) is 7.65. The van der Waals surface area contributed by atoms with Crippen LogP contribution in [0.15, 0.2) is 42.6 Å². The Hall–Kier alpha value is -3.38. The number of nitrogens with zero attached hydrogens (tertiary/aromatic N) is 2. The number of rotatable bonds is 4. The van der Waals surface area contributed by atoms with E-state index in [0.29, 0.717) is 12.3 Å². The maximum Gasteiger partial charge on any atom is 0.231 e. The van der Waals surface area contributed by atoms with E-state index in [-0.39, 0.29) is 0 Å². The number of aromatic nitrogens is 1. The Morgan fingerprint density at radius 3 is 2.53 bits per heavy atom. The van der Waals surface area contributed by atoms with Gasteiger partial charge >= 0.3 is 0 Å². The number of aryl methyl sites for hydroxylation is 3. The van der Waals surface area contributed by atoms with Crippen LogP contribution in [0.25, 0.3) is 37.6 Å². The Morgan fingerprint density at radius 2 is 1.82 bits per heavy atom. The molecule has 0 spiro atoms. The highest BCUT2D eigenvalue weighted by Gasteiger charge is 2.33. The van der Waals surface area contributed by atoms with Crippen molar-refractivity contribution in [3.63, 3.8) is 0 Å². The van der Waals surface area contributed by atoms with Gasteiger partial charge in [0.1, 0.15) is 18.5 Å². The van der Waals surface area contributed by atoms with Gasteiger partial charge in [-0.05, 0) is 65.1 Å². The molecule has 0 atom stereocenters. The van der Waals surface area contributed by atoms with Gasteiger partial charge in [-0.25, -0.2) is 11.1 Å². The summed E-state index contributed by atoms with van der Waals surface area (Å²) < 4.78 is 9.01. The molecule has 2 heterocycles. The van der Waals surface area contributed by atoms with E-state index < -0.39 is 5.54 Å². The fourth-order valence-electron chi connectivity index (χ4n) is 5.64. The third-order valence-electron chi connectivity index (χ3n) is 7.15. The van der Waals surface area contributed by atoms with Gasteiger partial charge in [0.15, 0.2) is 6.20 Å². The summed E-state index contributed by atoms with van der Waals surface area (Å²) in [7, 11) is 2.12. The number of pyridine rings is 1. The Morgan fingerprint density at radius 1 is 1.06 bits per heavy atom. The molecule has 3 aromatic carbocycles. The van der Waals surface area contributed by atoms with Crippen LogP contribution in [0.2, 0.25) is 0 Å². The molecular formula is C31H33N2O+. The average Bonchev–Trinajstić information content (AvgIpc) is 2.78. The molecule has 1 aliphatic heterocycles. The van der Waals surface area contributed by atoms with Crippen molar-refractivity contribution in [2.24, 2.45) is 13.0 Å². The van der Waals surface area contributed by atoms with Crippen LogP contribution in [0.1, 0.15) is 49.9 Å². The van der Waals surface area contributed by atoms with Gasteiger partial charge in [-0.1, -0.05) is 38.1 Å². The zero-order valence-electron chi connectivity index (χ0n) is 21.3. The summed E-state index contributed by atoms with van der Waals surface area (Å²) in [6.45, 7) is 20.6. The SMILES string of the molecule is [C-]#[N+]C(C)(C)Cc1cc2c3c([n+](C)ccc3c1)-c1c(c(C)c3c(CC(C)C)cccc3c1C)O2. The summed E-state index contributed by atoms with van der Waals surface area (Å²) >= 11 is 0. The van der Waals surface area contributed by atoms with Crippen molar-refractivity contribution < 1.29 is 9.30 Å². The van der Waals surface area contributed by atoms with Gasteiger partial charge in [-0.15, -0.1) is 0 Å². The van der Waals surface area contributed by atoms with Gasteiger partial charge in [-0.3, -0.25) is 0 Å². The van der Waals surface area contributed by atoms with Crippen molar-refractivity contribution in [3.8, 4) is 22.8 Å². The fourth-order valence-corrected chi connectivity index (χ4v) is 5.64. The number of hydrogen-bond donors (Lipinski definition) is 0. The Labute approximate surface area is 202 Å². The van der Waals surface area contributed by atoms with E-state index >= 15 is 0 Å². The summed E-state index contributed by atoms with van der Waals surface area (Å²) in [5.41, 5.74) is 6.98. The molecule has 5 rings (SSSR count). The number of hydrogen-bond acceptors (Lipinski definition) is 1. The molecule has 0 N–H and O–H groups in total. The van der Waals surface area contributed by atoms with Gasteiger partial charge in [0.05, 0.1) is 17.4 Å². The highest BCUT2D eigenvalue weighted by molar-refractivity contribution is 6.07. The lowest BCUT2D eigenvalue weighted by molar-refractivity contribution is -0.659. The molecule has 3 nitrogen and oxygen atoms in total. The minimum atomic E-state index is -0.441. The number of ether oxygens (including phenoxy) is 1. The molecule has 0 amide bonds. The second-order valence-corrected chi connectivity index (χ2v) is 10.9. The van der Waals surface area contributed by atoms with Crippen molar-refractivity contribution in [1.82, 2.24) is 0 Å². The van der Waals surface area contributed by atoms with Crippen molar-refractivity contribution in [3.05, 3.63) is 76.3 Å². The lowest BCUT2D eigenvalue weighted by atomic mass is 9.85. The largest absolute Gasteiger partial charge is 0.455 e. The summed E-state index contributed by atoms with van der Waals surface area (Å²) in [4.78, 5) is 3.83. The van der Waals surface area contributed by atoms with Crippen LogP contribution in [0.3, 0.4) is 0 Å². The molecule has 34 heavy (non-hydrogen) atoms. The molecule has 0 saturated carbocycles. The lowest BCUT2D eigenvalue weighted by Crippen LogP contribution is -2.32. The predicted molar refractivity (Wildman–Crippen MR) is 141 cm³/mol. The molecule has 0 radical (unpaired) electrons. The van der Waals surface area contributed by atoms with Gasteiger partial charge in [0, 0.05) is 25.5 Å². The normalized spacial score (nSPS) is 12.7. The molecule has 3 heteroatoms. The Bertz CT molecular complexity index is 1520. The first-order valence-electron chi connectivity index (χ1n) is 12.2. The van der Waals surface area contributed by atoms with Crippen LogP contribution in [-0.2, 0) is 19.9 Å². The minimum absolute atomic E-state index is 0.441. The molecule has 172 valence electrons. The van der Waals surface area contributed by atoms with Crippen molar-refractivity contribution in [2.45, 2.75) is 59.9 Å². The zero-order valence-corrected chi connectivity index (χ0v) is 21.3. The summed E-state index contributed by atoms with van der Waals surface area (Å²) in [5, 5.41) is 4.96. The highest BCUT2D eigenvalue weighted by atomic mass is 16.5. The van der Waals surface area contributed by atoms with Crippen LogP contribution < -0.4 is 9.30 Å². The van der Waals surface area contributed by atoms with E-state index in [9.17, 15) is 0 Å². The monoisotopic (exact) mass is 449 g/mol. The van der Waals surface area contributed by atoms with E-state index in [1.807, 2.05) is 13.8 Å². The smallest absolute Gasteiger partial charge is 0.231 e. The number of fused-ring (bicyclic) bond motifs is 3. The second kappa shape index (κ2) is 7.84. The first-order valence-corrected chi connectivity index (χ1v) is 12.2. The van der Waals surface area contributed by atoms with Crippen LogP contribution in [0.4, 0.5) is 0 Å². The molecule has 1 aromatic heterocycles. The van der Waals surface area contributed by atoms with Crippen molar-refractivity contribution >= 4 is 21.5 Å². The summed E-state index contributed by atoms with van der Waals surface area (Å²) in [5.74, 6) is 2.46. The topological polar surface area (TPSA) is 17.5 Å². The van der Waals surface area contributed by atoms with Gasteiger partial charge in [0.2, 0.25) is 11.2 Å². The third kappa shape index (κ3) is 3.44. The van der Waals surface area contributed by atoms with Gasteiger partial charge in [-0.2, -0.15) is 0 Å². The van der Waals surface area contributed by atoms with Crippen molar-refractivity contribution in [2.75, 3.05) is 0 Å². The van der Waals surface area contributed by atoms with Crippen molar-refractivity contribution in [1.29, 1.82) is 0 Å². The van der Waals surface area contributed by atoms with E-state index in [4.69, 9.17) is 11.3 Å².